The fourth-order valence-corrected chi connectivity index (χ4v) is 3.29. The predicted octanol–water partition coefficient (Wildman–Crippen LogP) is 2.61. The molecule has 0 unspecified atom stereocenters. The van der Waals surface area contributed by atoms with Crippen LogP contribution >= 0.6 is 15.9 Å². The number of aryl methyl sites for hydroxylation is 1. The van der Waals surface area contributed by atoms with Gasteiger partial charge in [0.2, 0.25) is 0 Å². The number of rotatable bonds is 4. The molecular weight excluding hydrogens is 306 g/mol. The minimum atomic E-state index is 0.144. The van der Waals surface area contributed by atoms with E-state index in [1.165, 1.54) is 6.42 Å². The van der Waals surface area contributed by atoms with Gasteiger partial charge in [-0.15, -0.1) is 0 Å². The Kier molecular flexibility index (Phi) is 5.05. The summed E-state index contributed by atoms with van der Waals surface area (Å²) in [6.07, 6.45) is 6.25. The first kappa shape index (κ1) is 14.6. The van der Waals surface area contributed by atoms with Crippen LogP contribution in [0.5, 0.6) is 0 Å². The summed E-state index contributed by atoms with van der Waals surface area (Å²) in [7, 11) is 0. The fraction of sp³-hybridized carbons (Fsp3) is 0.643. The van der Waals surface area contributed by atoms with Gasteiger partial charge in [0.05, 0.1) is 0 Å². The summed E-state index contributed by atoms with van der Waals surface area (Å²) in [5, 5.41) is 0. The average molecular weight is 328 g/mol. The van der Waals surface area contributed by atoms with Gasteiger partial charge in [-0.05, 0) is 61.1 Å². The van der Waals surface area contributed by atoms with Crippen molar-refractivity contribution in [2.75, 3.05) is 13.1 Å². The average Bonchev–Trinajstić information content (AvgIpc) is 2.80. The molecule has 106 valence electrons. The number of carbonyl (C=O) groups is 1. The van der Waals surface area contributed by atoms with E-state index in [4.69, 9.17) is 5.73 Å². The minimum absolute atomic E-state index is 0.144. The van der Waals surface area contributed by atoms with Gasteiger partial charge in [-0.2, -0.15) is 0 Å². The molecule has 19 heavy (non-hydrogen) atoms. The molecule has 0 aliphatic carbocycles. The van der Waals surface area contributed by atoms with Crippen molar-refractivity contribution in [3.05, 3.63) is 22.4 Å². The van der Waals surface area contributed by atoms with Gasteiger partial charge in [-0.3, -0.25) is 4.79 Å². The number of aromatic nitrogens is 1. The Morgan fingerprint density at radius 1 is 1.53 bits per heavy atom. The molecule has 0 bridgehead atoms. The van der Waals surface area contributed by atoms with Crippen molar-refractivity contribution in [3.63, 3.8) is 0 Å². The van der Waals surface area contributed by atoms with Crippen molar-refractivity contribution in [1.29, 1.82) is 0 Å². The first-order chi connectivity index (χ1) is 9.17. The van der Waals surface area contributed by atoms with Crippen LogP contribution < -0.4 is 5.73 Å². The lowest BCUT2D eigenvalue weighted by atomic mass is 9.99. The minimum Gasteiger partial charge on any atom is -0.343 e. The van der Waals surface area contributed by atoms with Gasteiger partial charge in [0, 0.05) is 29.8 Å². The highest BCUT2D eigenvalue weighted by atomic mass is 79.9. The van der Waals surface area contributed by atoms with Crippen LogP contribution in [-0.2, 0) is 6.54 Å². The van der Waals surface area contributed by atoms with E-state index in [1.807, 2.05) is 21.7 Å². The molecule has 4 nitrogen and oxygen atoms in total. The van der Waals surface area contributed by atoms with Gasteiger partial charge in [0.1, 0.15) is 5.69 Å². The van der Waals surface area contributed by atoms with Crippen LogP contribution in [0.3, 0.4) is 0 Å². The summed E-state index contributed by atoms with van der Waals surface area (Å²) in [6, 6.07) is 2.23. The monoisotopic (exact) mass is 327 g/mol. The van der Waals surface area contributed by atoms with Gasteiger partial charge in [0.25, 0.3) is 5.91 Å². The summed E-state index contributed by atoms with van der Waals surface area (Å²) < 4.78 is 2.96. The third-order valence-electron chi connectivity index (χ3n) is 3.81. The molecule has 1 fully saturated rings. The SMILES string of the molecule is CCn1cc(Br)cc1C(=O)N1CCCC[C@H]1CCN. The molecule has 1 aliphatic heterocycles. The number of carbonyl (C=O) groups excluding carboxylic acids is 1. The lowest BCUT2D eigenvalue weighted by molar-refractivity contribution is 0.0594. The van der Waals surface area contributed by atoms with E-state index in [9.17, 15) is 4.79 Å². The van der Waals surface area contributed by atoms with Crippen molar-refractivity contribution in [3.8, 4) is 0 Å². The largest absolute Gasteiger partial charge is 0.343 e. The van der Waals surface area contributed by atoms with Crippen LogP contribution in [0.4, 0.5) is 0 Å². The van der Waals surface area contributed by atoms with Gasteiger partial charge < -0.3 is 15.2 Å². The maximum atomic E-state index is 12.7. The zero-order valence-electron chi connectivity index (χ0n) is 11.4. The van der Waals surface area contributed by atoms with E-state index in [-0.39, 0.29) is 5.91 Å². The normalized spacial score (nSPS) is 19.7. The van der Waals surface area contributed by atoms with Gasteiger partial charge >= 0.3 is 0 Å². The number of likely N-dealkylation sites (tertiary alicyclic amines) is 1. The maximum absolute atomic E-state index is 12.7. The number of amides is 1. The predicted molar refractivity (Wildman–Crippen MR) is 80.2 cm³/mol. The van der Waals surface area contributed by atoms with E-state index in [0.29, 0.717) is 12.6 Å². The van der Waals surface area contributed by atoms with Crippen molar-refractivity contribution in [2.24, 2.45) is 5.73 Å². The lowest BCUT2D eigenvalue weighted by Crippen LogP contribution is -2.45. The second-order valence-electron chi connectivity index (χ2n) is 5.06. The molecule has 0 radical (unpaired) electrons. The number of piperidine rings is 1. The van der Waals surface area contributed by atoms with Crippen LogP contribution in [0, 0.1) is 0 Å². The van der Waals surface area contributed by atoms with Crippen molar-refractivity contribution in [1.82, 2.24) is 9.47 Å². The molecule has 1 aromatic rings. The molecule has 1 saturated heterocycles. The third kappa shape index (κ3) is 3.20. The molecule has 2 heterocycles. The molecule has 1 aliphatic rings. The summed E-state index contributed by atoms with van der Waals surface area (Å²) in [5.74, 6) is 0.144. The Labute approximate surface area is 123 Å². The molecule has 1 amide bonds. The van der Waals surface area contributed by atoms with Crippen LogP contribution in [0.15, 0.2) is 16.7 Å². The van der Waals surface area contributed by atoms with E-state index in [2.05, 4.69) is 22.9 Å². The van der Waals surface area contributed by atoms with Crippen LogP contribution in [0.1, 0.15) is 43.1 Å². The Balaban J connectivity index is 2.20. The fourth-order valence-electron chi connectivity index (χ4n) is 2.82. The Morgan fingerprint density at radius 3 is 3.00 bits per heavy atom. The summed E-state index contributed by atoms with van der Waals surface area (Å²) in [5.41, 5.74) is 6.45. The number of nitrogens with two attached hydrogens (primary N) is 1. The molecule has 0 saturated carbocycles. The smallest absolute Gasteiger partial charge is 0.270 e. The van der Waals surface area contributed by atoms with E-state index in [1.54, 1.807) is 0 Å². The van der Waals surface area contributed by atoms with Gasteiger partial charge in [-0.25, -0.2) is 0 Å². The number of nitrogens with zero attached hydrogens (tertiary/aromatic N) is 2. The second-order valence-corrected chi connectivity index (χ2v) is 5.97. The Hall–Kier alpha value is -0.810. The number of halogens is 1. The molecule has 2 rings (SSSR count). The molecule has 2 N–H and O–H groups in total. The Bertz CT molecular complexity index is 442. The van der Waals surface area contributed by atoms with Crippen molar-refractivity contribution in [2.45, 2.75) is 45.2 Å². The zero-order valence-corrected chi connectivity index (χ0v) is 13.0. The molecule has 1 aromatic heterocycles. The molecule has 1 atom stereocenters. The highest BCUT2D eigenvalue weighted by Gasteiger charge is 2.28. The lowest BCUT2D eigenvalue weighted by Gasteiger charge is -2.35. The quantitative estimate of drug-likeness (QED) is 0.924. The van der Waals surface area contributed by atoms with E-state index >= 15 is 0 Å². The van der Waals surface area contributed by atoms with Crippen molar-refractivity contribution >= 4 is 21.8 Å². The van der Waals surface area contributed by atoms with Crippen LogP contribution in [0.2, 0.25) is 0 Å². The maximum Gasteiger partial charge on any atom is 0.270 e. The van der Waals surface area contributed by atoms with Gasteiger partial charge in [-0.1, -0.05) is 0 Å². The molecular formula is C14H22BrN3O. The van der Waals surface area contributed by atoms with Crippen LogP contribution in [-0.4, -0.2) is 34.5 Å². The summed E-state index contributed by atoms with van der Waals surface area (Å²) in [6.45, 7) is 4.36. The standard InChI is InChI=1S/C14H22BrN3O/c1-2-17-10-11(15)9-13(17)14(19)18-8-4-3-5-12(18)6-7-16/h9-10,12H,2-8,16H2,1H3/t12-/m0/s1. The first-order valence-electron chi connectivity index (χ1n) is 7.04. The molecule has 5 heteroatoms. The van der Waals surface area contributed by atoms with E-state index < -0.39 is 0 Å². The number of hydrogen-bond donors (Lipinski definition) is 1. The summed E-state index contributed by atoms with van der Waals surface area (Å²) in [4.78, 5) is 14.7. The Morgan fingerprint density at radius 2 is 2.32 bits per heavy atom. The van der Waals surface area contributed by atoms with Crippen molar-refractivity contribution < 1.29 is 4.79 Å². The number of hydrogen-bond acceptors (Lipinski definition) is 2. The highest BCUT2D eigenvalue weighted by molar-refractivity contribution is 9.10. The first-order valence-corrected chi connectivity index (χ1v) is 7.83. The molecule has 0 spiro atoms. The van der Waals surface area contributed by atoms with Crippen LogP contribution in [0.25, 0.3) is 0 Å². The topological polar surface area (TPSA) is 51.3 Å². The zero-order chi connectivity index (χ0) is 13.8. The molecule has 0 aromatic carbocycles. The third-order valence-corrected chi connectivity index (χ3v) is 4.24. The second kappa shape index (κ2) is 6.57. The highest BCUT2D eigenvalue weighted by Crippen LogP contribution is 2.23. The van der Waals surface area contributed by atoms with Gasteiger partial charge in [0.15, 0.2) is 0 Å². The van der Waals surface area contributed by atoms with E-state index in [0.717, 1.165) is 42.5 Å². The summed E-state index contributed by atoms with van der Waals surface area (Å²) >= 11 is 3.45.